The molecule has 1 N–H and O–H groups in total. The minimum atomic E-state index is -0.214. The van der Waals surface area contributed by atoms with Gasteiger partial charge in [-0.25, -0.2) is 0 Å². The van der Waals surface area contributed by atoms with E-state index in [1.807, 2.05) is 61.5 Å². The highest BCUT2D eigenvalue weighted by atomic mass is 32.2. The minimum Gasteiger partial charge on any atom is -0.323 e. The molecule has 1 aliphatic heterocycles. The standard InChI is InChI=1S/C18H18N2O2S/c1-13(23-12-14-7-3-2-4-8-14)18(22)20-11-17(21)19-15-9-5-6-10-16(15)20/h2-10,13H,11-12H2,1H3,(H,19,21)/t13-/m1/s1. The molecule has 0 aromatic heterocycles. The van der Waals surface area contributed by atoms with Crippen LogP contribution in [-0.4, -0.2) is 23.6 Å². The summed E-state index contributed by atoms with van der Waals surface area (Å²) < 4.78 is 0. The topological polar surface area (TPSA) is 49.4 Å². The number of amides is 2. The highest BCUT2D eigenvalue weighted by Gasteiger charge is 2.29. The molecule has 5 heteroatoms. The second-order valence-electron chi connectivity index (χ2n) is 5.43. The molecule has 0 saturated heterocycles. The van der Waals surface area contributed by atoms with Crippen LogP contribution < -0.4 is 10.2 Å². The van der Waals surface area contributed by atoms with Gasteiger partial charge in [0.05, 0.1) is 16.6 Å². The van der Waals surface area contributed by atoms with Gasteiger partial charge in [-0.05, 0) is 24.6 Å². The van der Waals surface area contributed by atoms with Crippen molar-refractivity contribution in [1.82, 2.24) is 0 Å². The first-order valence-electron chi connectivity index (χ1n) is 7.51. The van der Waals surface area contributed by atoms with E-state index in [2.05, 4.69) is 5.32 Å². The van der Waals surface area contributed by atoms with E-state index in [4.69, 9.17) is 0 Å². The molecule has 4 nitrogen and oxygen atoms in total. The van der Waals surface area contributed by atoms with Crippen LogP contribution in [0.1, 0.15) is 12.5 Å². The van der Waals surface area contributed by atoms with Gasteiger partial charge in [0, 0.05) is 5.75 Å². The highest BCUT2D eigenvalue weighted by molar-refractivity contribution is 7.99. The van der Waals surface area contributed by atoms with Crippen LogP contribution in [-0.2, 0) is 15.3 Å². The molecule has 23 heavy (non-hydrogen) atoms. The maximum Gasteiger partial charge on any atom is 0.244 e. The van der Waals surface area contributed by atoms with Crippen LogP contribution in [0.4, 0.5) is 11.4 Å². The Morgan fingerprint density at radius 2 is 1.87 bits per heavy atom. The zero-order valence-electron chi connectivity index (χ0n) is 12.9. The number of thioether (sulfide) groups is 1. The molecular formula is C18H18N2O2S. The lowest BCUT2D eigenvalue weighted by atomic mass is 10.2. The lowest BCUT2D eigenvalue weighted by Crippen LogP contribution is -2.45. The third-order valence-corrected chi connectivity index (χ3v) is 4.93. The van der Waals surface area contributed by atoms with Crippen molar-refractivity contribution in [3.05, 3.63) is 60.2 Å². The Labute approximate surface area is 139 Å². The third kappa shape index (κ3) is 3.56. The second kappa shape index (κ2) is 6.87. The summed E-state index contributed by atoms with van der Waals surface area (Å²) in [6.45, 7) is 1.97. The van der Waals surface area contributed by atoms with Crippen molar-refractivity contribution in [2.24, 2.45) is 0 Å². The van der Waals surface area contributed by atoms with E-state index in [9.17, 15) is 9.59 Å². The molecule has 0 bridgehead atoms. The number of carbonyl (C=O) groups excluding carboxylic acids is 2. The Morgan fingerprint density at radius 3 is 2.65 bits per heavy atom. The number of carbonyl (C=O) groups is 2. The van der Waals surface area contributed by atoms with Crippen LogP contribution in [0.3, 0.4) is 0 Å². The summed E-state index contributed by atoms with van der Waals surface area (Å²) in [4.78, 5) is 26.2. The van der Waals surface area contributed by atoms with Gasteiger partial charge in [0.15, 0.2) is 0 Å². The van der Waals surface area contributed by atoms with Crippen LogP contribution in [0.25, 0.3) is 0 Å². The summed E-state index contributed by atoms with van der Waals surface area (Å²) in [5.41, 5.74) is 2.65. The number of anilines is 2. The average Bonchev–Trinajstić information content (AvgIpc) is 2.59. The van der Waals surface area contributed by atoms with Gasteiger partial charge in [0.2, 0.25) is 11.8 Å². The average molecular weight is 326 g/mol. The van der Waals surface area contributed by atoms with Gasteiger partial charge in [-0.3, -0.25) is 14.5 Å². The number of fused-ring (bicyclic) bond motifs is 1. The Kier molecular flexibility index (Phi) is 4.67. The number of hydrogen-bond donors (Lipinski definition) is 1. The molecule has 0 aliphatic carbocycles. The largest absolute Gasteiger partial charge is 0.323 e. The van der Waals surface area contributed by atoms with E-state index in [0.29, 0.717) is 5.69 Å². The van der Waals surface area contributed by atoms with Gasteiger partial charge < -0.3 is 5.32 Å². The normalized spacial score (nSPS) is 14.8. The summed E-state index contributed by atoms with van der Waals surface area (Å²) in [5, 5.41) is 2.59. The van der Waals surface area contributed by atoms with Gasteiger partial charge >= 0.3 is 0 Å². The van der Waals surface area contributed by atoms with Crippen molar-refractivity contribution >= 4 is 35.0 Å². The molecule has 1 heterocycles. The van der Waals surface area contributed by atoms with E-state index in [0.717, 1.165) is 11.4 Å². The maximum absolute atomic E-state index is 12.8. The van der Waals surface area contributed by atoms with Gasteiger partial charge in [0.1, 0.15) is 6.54 Å². The number of nitrogens with zero attached hydrogens (tertiary/aromatic N) is 1. The number of nitrogens with one attached hydrogen (secondary N) is 1. The minimum absolute atomic E-state index is 0.0340. The molecule has 0 spiro atoms. The van der Waals surface area contributed by atoms with E-state index in [1.165, 1.54) is 5.56 Å². The summed E-state index contributed by atoms with van der Waals surface area (Å²) in [5.74, 6) is 0.584. The number of benzene rings is 2. The molecule has 0 fully saturated rings. The zero-order valence-corrected chi connectivity index (χ0v) is 13.7. The molecular weight excluding hydrogens is 308 g/mol. The predicted octanol–water partition coefficient (Wildman–Crippen LogP) is 3.29. The van der Waals surface area contributed by atoms with E-state index >= 15 is 0 Å². The van der Waals surface area contributed by atoms with Crippen molar-refractivity contribution < 1.29 is 9.59 Å². The number of rotatable bonds is 4. The Balaban J connectivity index is 1.71. The molecule has 2 aromatic rings. The summed E-state index contributed by atoms with van der Waals surface area (Å²) in [6.07, 6.45) is 0. The second-order valence-corrected chi connectivity index (χ2v) is 6.76. The molecule has 0 radical (unpaired) electrons. The molecule has 0 saturated carbocycles. The van der Waals surface area contributed by atoms with Crippen LogP contribution in [0.15, 0.2) is 54.6 Å². The lowest BCUT2D eigenvalue weighted by Gasteiger charge is -2.30. The van der Waals surface area contributed by atoms with Crippen LogP contribution >= 0.6 is 11.8 Å². The molecule has 0 unspecified atom stereocenters. The predicted molar refractivity (Wildman–Crippen MR) is 94.6 cm³/mol. The Morgan fingerprint density at radius 1 is 1.17 bits per heavy atom. The van der Waals surface area contributed by atoms with Crippen molar-refractivity contribution in [3.8, 4) is 0 Å². The van der Waals surface area contributed by atoms with E-state index in [1.54, 1.807) is 16.7 Å². The first kappa shape index (κ1) is 15.6. The number of hydrogen-bond acceptors (Lipinski definition) is 3. The van der Waals surface area contributed by atoms with Crippen LogP contribution in [0.5, 0.6) is 0 Å². The van der Waals surface area contributed by atoms with E-state index in [-0.39, 0.29) is 23.6 Å². The van der Waals surface area contributed by atoms with Crippen molar-refractivity contribution in [2.45, 2.75) is 17.9 Å². The van der Waals surface area contributed by atoms with Gasteiger partial charge in [0.25, 0.3) is 0 Å². The molecule has 3 rings (SSSR count). The summed E-state index contributed by atoms with van der Waals surface area (Å²) in [7, 11) is 0. The third-order valence-electron chi connectivity index (χ3n) is 3.73. The van der Waals surface area contributed by atoms with Crippen LogP contribution in [0, 0.1) is 0 Å². The zero-order chi connectivity index (χ0) is 16.2. The lowest BCUT2D eigenvalue weighted by molar-refractivity contribution is -0.121. The molecule has 1 aliphatic rings. The highest BCUT2D eigenvalue weighted by Crippen LogP contribution is 2.31. The van der Waals surface area contributed by atoms with E-state index < -0.39 is 0 Å². The summed E-state index contributed by atoms with van der Waals surface area (Å²) >= 11 is 1.58. The number of para-hydroxylation sites is 2. The first-order chi connectivity index (χ1) is 11.1. The van der Waals surface area contributed by atoms with Crippen molar-refractivity contribution in [2.75, 3.05) is 16.8 Å². The van der Waals surface area contributed by atoms with Crippen molar-refractivity contribution in [1.29, 1.82) is 0 Å². The monoisotopic (exact) mass is 326 g/mol. The van der Waals surface area contributed by atoms with Gasteiger partial charge in [-0.2, -0.15) is 0 Å². The smallest absolute Gasteiger partial charge is 0.244 e. The Bertz CT molecular complexity index is 718. The molecule has 2 amide bonds. The van der Waals surface area contributed by atoms with Crippen molar-refractivity contribution in [3.63, 3.8) is 0 Å². The SMILES string of the molecule is C[C@@H](SCc1ccccc1)C(=O)N1CC(=O)Nc2ccccc21. The van der Waals surface area contributed by atoms with Crippen LogP contribution in [0.2, 0.25) is 0 Å². The maximum atomic E-state index is 12.8. The molecule has 118 valence electrons. The fraction of sp³-hybridized carbons (Fsp3) is 0.222. The Hall–Kier alpha value is -2.27. The quantitative estimate of drug-likeness (QED) is 0.938. The van der Waals surface area contributed by atoms with Gasteiger partial charge in [-0.1, -0.05) is 42.5 Å². The molecule has 2 aromatic carbocycles. The fourth-order valence-electron chi connectivity index (χ4n) is 2.52. The molecule has 1 atom stereocenters. The first-order valence-corrected chi connectivity index (χ1v) is 8.56. The summed E-state index contributed by atoms with van der Waals surface area (Å²) in [6, 6.07) is 17.5. The van der Waals surface area contributed by atoms with Gasteiger partial charge in [-0.15, -0.1) is 11.8 Å². The fourth-order valence-corrected chi connectivity index (χ4v) is 3.42.